The van der Waals surface area contributed by atoms with Gasteiger partial charge >= 0.3 is 5.97 Å². The van der Waals surface area contributed by atoms with Gasteiger partial charge in [-0.15, -0.1) is 0 Å². The smallest absolute Gasteiger partial charge is 0.334 e. The second-order valence-electron chi connectivity index (χ2n) is 7.06. The van der Waals surface area contributed by atoms with Gasteiger partial charge in [-0.25, -0.2) is 9.78 Å². The van der Waals surface area contributed by atoms with Crippen LogP contribution in [0.1, 0.15) is 26.2 Å². The van der Waals surface area contributed by atoms with Crippen molar-refractivity contribution in [2.75, 3.05) is 6.54 Å². The Hall–Kier alpha value is -1.81. The van der Waals surface area contributed by atoms with E-state index in [4.69, 9.17) is 16.3 Å². The van der Waals surface area contributed by atoms with E-state index in [9.17, 15) is 19.5 Å². The lowest BCUT2D eigenvalue weighted by atomic mass is 9.96. The molecule has 3 rings (SSSR count). The molecule has 2 N–H and O–H groups in total. The van der Waals surface area contributed by atoms with Gasteiger partial charge in [0.05, 0.1) is 34.8 Å². The Bertz CT molecular complexity index is 994. The van der Waals surface area contributed by atoms with Crippen molar-refractivity contribution in [3.63, 3.8) is 0 Å². The summed E-state index contributed by atoms with van der Waals surface area (Å²) >= 11 is 9.36. The standard InChI is InChI=1S/C19H21BrClN3O5/c1-10(25)19(28)29-17-3-2-4-22-16(17)5-11(26)8-24-9-23-15-7-13(20)14(21)6-12(15)18(24)27/h6-7,9-10,16-17,22,25H,2-5,8H2,1H3/t10?,16-,17+/m1/s1. The number of rotatable bonds is 6. The van der Waals surface area contributed by atoms with Crippen molar-refractivity contribution >= 4 is 50.2 Å². The Balaban J connectivity index is 1.72. The quantitative estimate of drug-likeness (QED) is 0.599. The summed E-state index contributed by atoms with van der Waals surface area (Å²) < 4.78 is 7.20. The molecule has 29 heavy (non-hydrogen) atoms. The third kappa shape index (κ3) is 5.22. The molecule has 1 unspecified atom stereocenters. The monoisotopic (exact) mass is 485 g/mol. The molecular weight excluding hydrogens is 466 g/mol. The zero-order valence-electron chi connectivity index (χ0n) is 15.7. The second kappa shape index (κ2) is 9.34. The number of hydrogen-bond acceptors (Lipinski definition) is 7. The molecule has 0 radical (unpaired) electrons. The van der Waals surface area contributed by atoms with Crippen LogP contribution >= 0.6 is 27.5 Å². The number of hydrogen-bond donors (Lipinski definition) is 2. The minimum atomic E-state index is -1.22. The number of carbonyl (C=O) groups is 2. The third-order valence-corrected chi connectivity index (χ3v) is 5.99. The summed E-state index contributed by atoms with van der Waals surface area (Å²) in [6.07, 6.45) is 1.10. The molecule has 2 heterocycles. The highest BCUT2D eigenvalue weighted by atomic mass is 79.9. The van der Waals surface area contributed by atoms with Gasteiger partial charge in [-0.2, -0.15) is 0 Å². The number of nitrogens with zero attached hydrogens (tertiary/aromatic N) is 2. The molecule has 3 atom stereocenters. The van der Waals surface area contributed by atoms with Gasteiger partial charge in [-0.05, 0) is 54.4 Å². The van der Waals surface area contributed by atoms with Crippen LogP contribution in [0.4, 0.5) is 0 Å². The van der Waals surface area contributed by atoms with Crippen molar-refractivity contribution in [1.82, 2.24) is 14.9 Å². The minimum Gasteiger partial charge on any atom is -0.459 e. The Labute approximate surface area is 180 Å². The van der Waals surface area contributed by atoms with Gasteiger partial charge in [0, 0.05) is 10.9 Å². The molecule has 0 saturated carbocycles. The number of fused-ring (bicyclic) bond motifs is 1. The van der Waals surface area contributed by atoms with Crippen LogP contribution < -0.4 is 10.9 Å². The zero-order valence-corrected chi connectivity index (χ0v) is 18.1. The van der Waals surface area contributed by atoms with E-state index in [0.717, 1.165) is 6.42 Å². The number of piperidine rings is 1. The number of aliphatic hydroxyl groups excluding tert-OH is 1. The highest BCUT2D eigenvalue weighted by molar-refractivity contribution is 9.10. The molecule has 1 saturated heterocycles. The molecule has 2 aromatic rings. The molecule has 0 spiro atoms. The highest BCUT2D eigenvalue weighted by Crippen LogP contribution is 2.25. The van der Waals surface area contributed by atoms with E-state index in [1.807, 2.05) is 0 Å². The van der Waals surface area contributed by atoms with Crippen LogP contribution in [0.25, 0.3) is 10.9 Å². The van der Waals surface area contributed by atoms with Crippen LogP contribution in [-0.4, -0.2) is 51.2 Å². The van der Waals surface area contributed by atoms with Crippen LogP contribution in [-0.2, 0) is 20.9 Å². The summed E-state index contributed by atoms with van der Waals surface area (Å²) in [6, 6.07) is 2.80. The van der Waals surface area contributed by atoms with Crippen molar-refractivity contribution in [2.24, 2.45) is 0 Å². The molecule has 1 aliphatic heterocycles. The Morgan fingerprint density at radius 3 is 2.97 bits per heavy atom. The van der Waals surface area contributed by atoms with Crippen LogP contribution in [0, 0.1) is 0 Å². The van der Waals surface area contributed by atoms with Gasteiger partial charge in [-0.3, -0.25) is 14.2 Å². The SMILES string of the molecule is CC(O)C(=O)O[C@H]1CCCN[C@@H]1CC(=O)Cn1cnc2cc(Br)c(Cl)cc2c1=O. The number of aromatic nitrogens is 2. The predicted octanol–water partition coefficient (Wildman–Crippen LogP) is 1.82. The van der Waals surface area contributed by atoms with Gasteiger partial charge < -0.3 is 15.2 Å². The summed E-state index contributed by atoms with van der Waals surface area (Å²) in [5, 5.41) is 13.2. The largest absolute Gasteiger partial charge is 0.459 e. The van der Waals surface area contributed by atoms with Crippen molar-refractivity contribution in [1.29, 1.82) is 0 Å². The number of ether oxygens (including phenoxy) is 1. The first-order valence-corrected chi connectivity index (χ1v) is 10.4. The van der Waals surface area contributed by atoms with E-state index in [0.29, 0.717) is 33.4 Å². The normalized spacial score (nSPS) is 20.4. The van der Waals surface area contributed by atoms with E-state index in [1.165, 1.54) is 23.9 Å². The molecule has 0 bridgehead atoms. The molecule has 156 valence electrons. The lowest BCUT2D eigenvalue weighted by molar-refractivity contribution is -0.161. The van der Waals surface area contributed by atoms with Gasteiger partial charge in [0.15, 0.2) is 5.78 Å². The number of nitrogens with one attached hydrogen (secondary N) is 1. The molecular formula is C19H21BrClN3O5. The maximum absolute atomic E-state index is 12.7. The first kappa shape index (κ1) is 21.9. The molecule has 1 fully saturated rings. The van der Waals surface area contributed by atoms with Gasteiger partial charge in [-0.1, -0.05) is 11.6 Å². The fourth-order valence-corrected chi connectivity index (χ4v) is 3.78. The summed E-state index contributed by atoms with van der Waals surface area (Å²) in [5.74, 6) is -0.914. The number of ketones is 1. The molecule has 8 nitrogen and oxygen atoms in total. The van der Waals surface area contributed by atoms with Crippen molar-refractivity contribution in [3.05, 3.63) is 38.3 Å². The van der Waals surface area contributed by atoms with Crippen LogP contribution in [0.15, 0.2) is 27.7 Å². The summed E-state index contributed by atoms with van der Waals surface area (Å²) in [7, 11) is 0. The average Bonchev–Trinajstić information content (AvgIpc) is 2.67. The number of benzene rings is 1. The first-order valence-electron chi connectivity index (χ1n) is 9.24. The van der Waals surface area contributed by atoms with Crippen molar-refractivity contribution in [2.45, 2.75) is 51.0 Å². The maximum atomic E-state index is 12.7. The molecule has 1 aromatic carbocycles. The molecule has 1 aromatic heterocycles. The Morgan fingerprint density at radius 1 is 1.48 bits per heavy atom. The van der Waals surface area contributed by atoms with Crippen molar-refractivity contribution in [3.8, 4) is 0 Å². The molecule has 10 heteroatoms. The number of esters is 1. The highest BCUT2D eigenvalue weighted by Gasteiger charge is 2.30. The van der Waals surface area contributed by atoms with E-state index >= 15 is 0 Å². The summed E-state index contributed by atoms with van der Waals surface area (Å²) in [4.78, 5) is 41.2. The van der Waals surface area contributed by atoms with Crippen LogP contribution in [0.2, 0.25) is 5.02 Å². The maximum Gasteiger partial charge on any atom is 0.334 e. The number of Topliss-reactive ketones (excluding diaryl/α,β-unsaturated/α-hetero) is 1. The second-order valence-corrected chi connectivity index (χ2v) is 8.32. The molecule has 1 aliphatic rings. The fraction of sp³-hybridized carbons (Fsp3) is 0.474. The summed E-state index contributed by atoms with van der Waals surface area (Å²) in [6.45, 7) is 1.89. The van der Waals surface area contributed by atoms with Gasteiger partial charge in [0.2, 0.25) is 0 Å². The fourth-order valence-electron chi connectivity index (χ4n) is 3.28. The molecule has 0 aliphatic carbocycles. The molecule has 0 amide bonds. The zero-order chi connectivity index (χ0) is 21.1. The van der Waals surface area contributed by atoms with E-state index < -0.39 is 18.2 Å². The topological polar surface area (TPSA) is 111 Å². The predicted molar refractivity (Wildman–Crippen MR) is 111 cm³/mol. The number of carbonyl (C=O) groups excluding carboxylic acids is 2. The third-order valence-electron chi connectivity index (χ3n) is 4.79. The van der Waals surface area contributed by atoms with E-state index in [1.54, 1.807) is 6.07 Å². The van der Waals surface area contributed by atoms with Crippen molar-refractivity contribution < 1.29 is 19.4 Å². The van der Waals surface area contributed by atoms with E-state index in [2.05, 4.69) is 26.2 Å². The van der Waals surface area contributed by atoms with Gasteiger partial charge in [0.1, 0.15) is 12.2 Å². The summed E-state index contributed by atoms with van der Waals surface area (Å²) in [5.41, 5.74) is 0.125. The Kier molecular flexibility index (Phi) is 7.05. The minimum absolute atomic E-state index is 0.0866. The number of halogens is 2. The number of aliphatic hydroxyl groups is 1. The van der Waals surface area contributed by atoms with E-state index in [-0.39, 0.29) is 30.3 Å². The lowest BCUT2D eigenvalue weighted by Crippen LogP contribution is -2.49. The van der Waals surface area contributed by atoms with Gasteiger partial charge in [0.25, 0.3) is 5.56 Å². The lowest BCUT2D eigenvalue weighted by Gasteiger charge is -2.32. The Morgan fingerprint density at radius 2 is 2.24 bits per heavy atom. The average molecular weight is 487 g/mol. The van der Waals surface area contributed by atoms with Crippen LogP contribution in [0.5, 0.6) is 0 Å². The van der Waals surface area contributed by atoms with Crippen LogP contribution in [0.3, 0.4) is 0 Å². The first-order chi connectivity index (χ1) is 13.8.